The van der Waals surface area contributed by atoms with Crippen LogP contribution >= 0.6 is 11.6 Å². The number of anilines is 1. The highest BCUT2D eigenvalue weighted by Crippen LogP contribution is 2.14. The second kappa shape index (κ2) is 7.19. The van der Waals surface area contributed by atoms with Crippen molar-refractivity contribution in [1.29, 1.82) is 0 Å². The standard InChI is InChI=1S/C14H11ClN4O3/c15-11-4-2-5-12(8-11)17-14(20)18-16-9-10-3-1-6-13(7-10)19(21)22/h1-9H,(H2,17,18,20). The quantitative estimate of drug-likeness (QED) is 0.513. The number of halogens is 1. The molecule has 0 radical (unpaired) electrons. The summed E-state index contributed by atoms with van der Waals surface area (Å²) >= 11 is 5.80. The number of non-ortho nitro benzene ring substituents is 1. The third-order valence-electron chi connectivity index (χ3n) is 2.54. The lowest BCUT2D eigenvalue weighted by Gasteiger charge is -2.04. The molecule has 0 aliphatic rings. The van der Waals surface area contributed by atoms with Crippen LogP contribution in [0.2, 0.25) is 5.02 Å². The predicted molar refractivity (Wildman–Crippen MR) is 84.3 cm³/mol. The summed E-state index contributed by atoms with van der Waals surface area (Å²) in [5.41, 5.74) is 3.23. The minimum absolute atomic E-state index is 0.0488. The summed E-state index contributed by atoms with van der Waals surface area (Å²) in [5.74, 6) is 0. The highest BCUT2D eigenvalue weighted by molar-refractivity contribution is 6.30. The van der Waals surface area contributed by atoms with Crippen LogP contribution in [0.25, 0.3) is 0 Å². The molecule has 0 aliphatic heterocycles. The van der Waals surface area contributed by atoms with Gasteiger partial charge in [-0.15, -0.1) is 0 Å². The first-order chi connectivity index (χ1) is 10.5. The third-order valence-corrected chi connectivity index (χ3v) is 2.78. The van der Waals surface area contributed by atoms with Crippen LogP contribution < -0.4 is 10.7 Å². The Hall–Kier alpha value is -2.93. The molecule has 2 amide bonds. The number of amides is 2. The predicted octanol–water partition coefficient (Wildman–Crippen LogP) is 3.40. The monoisotopic (exact) mass is 318 g/mol. The van der Waals surface area contributed by atoms with E-state index in [0.29, 0.717) is 16.3 Å². The Bertz CT molecular complexity index is 734. The number of rotatable bonds is 4. The number of urea groups is 1. The van der Waals surface area contributed by atoms with Crippen molar-refractivity contribution in [2.45, 2.75) is 0 Å². The molecule has 0 aliphatic carbocycles. The van der Waals surface area contributed by atoms with Crippen molar-refractivity contribution in [2.75, 3.05) is 5.32 Å². The van der Waals surface area contributed by atoms with Gasteiger partial charge in [0.25, 0.3) is 5.69 Å². The van der Waals surface area contributed by atoms with Gasteiger partial charge in [0, 0.05) is 28.4 Å². The van der Waals surface area contributed by atoms with E-state index in [1.54, 1.807) is 30.3 Å². The van der Waals surface area contributed by atoms with Crippen molar-refractivity contribution in [3.8, 4) is 0 Å². The molecule has 0 heterocycles. The number of carbonyl (C=O) groups excluding carboxylic acids is 1. The van der Waals surface area contributed by atoms with Crippen LogP contribution in [-0.4, -0.2) is 17.2 Å². The van der Waals surface area contributed by atoms with E-state index >= 15 is 0 Å². The van der Waals surface area contributed by atoms with E-state index in [-0.39, 0.29) is 5.69 Å². The number of nitro benzene ring substituents is 1. The summed E-state index contributed by atoms with van der Waals surface area (Å²) in [7, 11) is 0. The Morgan fingerprint density at radius 2 is 2.00 bits per heavy atom. The summed E-state index contributed by atoms with van der Waals surface area (Å²) in [6, 6.07) is 12.0. The zero-order valence-corrected chi connectivity index (χ0v) is 11.9. The number of hydrogen-bond acceptors (Lipinski definition) is 4. The first kappa shape index (κ1) is 15.5. The van der Waals surface area contributed by atoms with Gasteiger partial charge in [0.2, 0.25) is 0 Å². The van der Waals surface area contributed by atoms with Crippen LogP contribution in [0.5, 0.6) is 0 Å². The molecule has 0 unspecified atom stereocenters. The molecular weight excluding hydrogens is 308 g/mol. The summed E-state index contributed by atoms with van der Waals surface area (Å²) in [5, 5.41) is 17.4. The molecule has 2 aromatic rings. The van der Waals surface area contributed by atoms with Gasteiger partial charge in [-0.25, -0.2) is 10.2 Å². The zero-order valence-electron chi connectivity index (χ0n) is 11.2. The lowest BCUT2D eigenvalue weighted by Crippen LogP contribution is -2.24. The lowest BCUT2D eigenvalue weighted by atomic mass is 10.2. The highest BCUT2D eigenvalue weighted by atomic mass is 35.5. The van der Waals surface area contributed by atoms with Gasteiger partial charge < -0.3 is 5.32 Å². The normalized spacial score (nSPS) is 10.4. The van der Waals surface area contributed by atoms with Gasteiger partial charge in [0.1, 0.15) is 0 Å². The minimum Gasteiger partial charge on any atom is -0.306 e. The molecule has 0 atom stereocenters. The van der Waals surface area contributed by atoms with E-state index in [4.69, 9.17) is 11.6 Å². The lowest BCUT2D eigenvalue weighted by molar-refractivity contribution is -0.384. The molecule has 7 nitrogen and oxygen atoms in total. The molecule has 2 N–H and O–H groups in total. The Morgan fingerprint density at radius 3 is 2.73 bits per heavy atom. The molecule has 22 heavy (non-hydrogen) atoms. The van der Waals surface area contributed by atoms with E-state index in [2.05, 4.69) is 15.8 Å². The van der Waals surface area contributed by atoms with E-state index in [9.17, 15) is 14.9 Å². The maximum atomic E-state index is 11.6. The molecule has 0 spiro atoms. The largest absolute Gasteiger partial charge is 0.339 e. The zero-order chi connectivity index (χ0) is 15.9. The van der Waals surface area contributed by atoms with Crippen LogP contribution in [-0.2, 0) is 0 Å². The molecule has 112 valence electrons. The van der Waals surface area contributed by atoms with Gasteiger partial charge in [-0.2, -0.15) is 5.10 Å². The van der Waals surface area contributed by atoms with Gasteiger partial charge in [-0.3, -0.25) is 10.1 Å². The van der Waals surface area contributed by atoms with Crippen LogP contribution in [0.4, 0.5) is 16.2 Å². The summed E-state index contributed by atoms with van der Waals surface area (Å²) in [6.07, 6.45) is 1.31. The summed E-state index contributed by atoms with van der Waals surface area (Å²) in [6.45, 7) is 0. The second-order valence-electron chi connectivity index (χ2n) is 4.19. The molecule has 2 rings (SSSR count). The van der Waals surface area contributed by atoms with Gasteiger partial charge in [0.05, 0.1) is 11.1 Å². The number of carbonyl (C=O) groups is 1. The average Bonchev–Trinajstić information content (AvgIpc) is 2.47. The molecule has 0 bridgehead atoms. The number of hydrogen-bond donors (Lipinski definition) is 2. The van der Waals surface area contributed by atoms with Crippen LogP contribution in [0.1, 0.15) is 5.56 Å². The number of nitrogens with zero attached hydrogens (tertiary/aromatic N) is 2. The average molecular weight is 319 g/mol. The Balaban J connectivity index is 1.93. The fourth-order valence-electron chi connectivity index (χ4n) is 1.61. The molecule has 0 saturated carbocycles. The van der Waals surface area contributed by atoms with E-state index < -0.39 is 11.0 Å². The van der Waals surface area contributed by atoms with Crippen molar-refractivity contribution in [3.05, 3.63) is 69.2 Å². The Labute approximate surface area is 130 Å². The minimum atomic E-state index is -0.552. The molecule has 0 fully saturated rings. The van der Waals surface area contributed by atoms with Gasteiger partial charge >= 0.3 is 6.03 Å². The first-order valence-corrected chi connectivity index (χ1v) is 6.52. The molecule has 8 heteroatoms. The van der Waals surface area contributed by atoms with Crippen molar-refractivity contribution < 1.29 is 9.72 Å². The smallest absolute Gasteiger partial charge is 0.306 e. The SMILES string of the molecule is O=C(NN=Cc1cccc([N+](=O)[O-])c1)Nc1cccc(Cl)c1. The molecule has 2 aromatic carbocycles. The maximum Gasteiger partial charge on any atom is 0.339 e. The highest BCUT2D eigenvalue weighted by Gasteiger charge is 2.04. The van der Waals surface area contributed by atoms with Gasteiger partial charge in [-0.05, 0) is 18.2 Å². The number of benzene rings is 2. The Kier molecular flexibility index (Phi) is 5.05. The van der Waals surface area contributed by atoms with E-state index in [0.717, 1.165) is 0 Å². The fourth-order valence-corrected chi connectivity index (χ4v) is 1.80. The molecule has 0 aromatic heterocycles. The molecular formula is C14H11ClN4O3. The van der Waals surface area contributed by atoms with Crippen LogP contribution in [0.15, 0.2) is 53.6 Å². The second-order valence-corrected chi connectivity index (χ2v) is 4.62. The summed E-state index contributed by atoms with van der Waals surface area (Å²) in [4.78, 5) is 21.7. The van der Waals surface area contributed by atoms with Crippen molar-refractivity contribution in [2.24, 2.45) is 5.10 Å². The van der Waals surface area contributed by atoms with Gasteiger partial charge in [-0.1, -0.05) is 29.8 Å². The van der Waals surface area contributed by atoms with Crippen molar-refractivity contribution in [3.63, 3.8) is 0 Å². The first-order valence-electron chi connectivity index (χ1n) is 6.15. The number of nitro groups is 1. The van der Waals surface area contributed by atoms with Crippen LogP contribution in [0.3, 0.4) is 0 Å². The summed E-state index contributed by atoms with van der Waals surface area (Å²) < 4.78 is 0. The number of hydrazone groups is 1. The van der Waals surface area contributed by atoms with Crippen molar-refractivity contribution in [1.82, 2.24) is 5.43 Å². The Morgan fingerprint density at radius 1 is 1.23 bits per heavy atom. The number of nitrogens with one attached hydrogen (secondary N) is 2. The van der Waals surface area contributed by atoms with Gasteiger partial charge in [0.15, 0.2) is 0 Å². The molecule has 0 saturated heterocycles. The third kappa shape index (κ3) is 4.57. The van der Waals surface area contributed by atoms with E-state index in [1.807, 2.05) is 0 Å². The van der Waals surface area contributed by atoms with Crippen LogP contribution in [0, 0.1) is 10.1 Å². The van der Waals surface area contributed by atoms with E-state index in [1.165, 1.54) is 24.4 Å². The topological polar surface area (TPSA) is 96.6 Å². The van der Waals surface area contributed by atoms with Crippen molar-refractivity contribution >= 4 is 35.2 Å². The fraction of sp³-hybridized carbons (Fsp3) is 0. The maximum absolute atomic E-state index is 11.6.